The summed E-state index contributed by atoms with van der Waals surface area (Å²) in [6, 6.07) is 5.72. The number of Topliss-reactive ketones (excluding diaryl/α,β-unsaturated/α-hetero) is 1. The molecule has 3 heteroatoms. The highest BCUT2D eigenvalue weighted by Crippen LogP contribution is 2.23. The Labute approximate surface area is 116 Å². The monoisotopic (exact) mass is 263 g/mol. The minimum atomic E-state index is 0.0168. The summed E-state index contributed by atoms with van der Waals surface area (Å²) in [6.07, 6.45) is 0.864. The predicted molar refractivity (Wildman–Crippen MR) is 79.0 cm³/mol. The zero-order valence-electron chi connectivity index (χ0n) is 12.6. The van der Waals surface area contributed by atoms with Crippen molar-refractivity contribution in [2.75, 3.05) is 20.7 Å². The molecule has 3 nitrogen and oxygen atoms in total. The Balaban J connectivity index is 3.04. The number of ether oxygens (including phenoxy) is 1. The van der Waals surface area contributed by atoms with Gasteiger partial charge in [0.2, 0.25) is 0 Å². The molecule has 0 radical (unpaired) electrons. The molecule has 0 heterocycles. The van der Waals surface area contributed by atoms with E-state index in [2.05, 4.69) is 26.1 Å². The van der Waals surface area contributed by atoms with Crippen LogP contribution in [0.2, 0.25) is 0 Å². The molecule has 0 fully saturated rings. The lowest BCUT2D eigenvalue weighted by Gasteiger charge is -2.20. The van der Waals surface area contributed by atoms with Gasteiger partial charge in [-0.1, -0.05) is 20.8 Å². The average Bonchev–Trinajstić information content (AvgIpc) is 2.42. The second kappa shape index (κ2) is 7.29. The predicted octanol–water partition coefficient (Wildman–Crippen LogP) is 2.93. The van der Waals surface area contributed by atoms with Crippen LogP contribution in [0.25, 0.3) is 0 Å². The van der Waals surface area contributed by atoms with Gasteiger partial charge in [0.1, 0.15) is 5.75 Å². The first-order valence-corrected chi connectivity index (χ1v) is 6.90. The zero-order chi connectivity index (χ0) is 14.4. The molecule has 0 aliphatic rings. The van der Waals surface area contributed by atoms with Crippen LogP contribution in [0.1, 0.15) is 36.7 Å². The molecule has 0 bridgehead atoms. The van der Waals surface area contributed by atoms with Gasteiger partial charge in [0.25, 0.3) is 0 Å². The van der Waals surface area contributed by atoms with Gasteiger partial charge in [-0.3, -0.25) is 4.79 Å². The zero-order valence-corrected chi connectivity index (χ0v) is 12.6. The summed E-state index contributed by atoms with van der Waals surface area (Å²) in [7, 11) is 3.54. The molecule has 1 aromatic rings. The number of hydrogen-bond acceptors (Lipinski definition) is 3. The standard InChI is InChI=1S/C16H25NO2/c1-6-12-9-13(7-8-15(12)19-5)16(18)14(10-17-4)11(2)3/h7-9,11,14,17H,6,10H2,1-5H3. The van der Waals surface area contributed by atoms with Gasteiger partial charge in [-0.15, -0.1) is 0 Å². The number of ketones is 1. The van der Waals surface area contributed by atoms with E-state index in [4.69, 9.17) is 4.74 Å². The third kappa shape index (κ3) is 3.80. The van der Waals surface area contributed by atoms with Gasteiger partial charge >= 0.3 is 0 Å². The van der Waals surface area contributed by atoms with Crippen molar-refractivity contribution in [1.82, 2.24) is 5.32 Å². The van der Waals surface area contributed by atoms with Crippen molar-refractivity contribution in [3.8, 4) is 5.75 Å². The van der Waals surface area contributed by atoms with E-state index in [1.54, 1.807) is 7.11 Å². The summed E-state index contributed by atoms with van der Waals surface area (Å²) in [5.41, 5.74) is 1.87. The Kier molecular flexibility index (Phi) is 6.03. The largest absolute Gasteiger partial charge is 0.496 e. The molecule has 0 aromatic heterocycles. The van der Waals surface area contributed by atoms with Crippen molar-refractivity contribution in [1.29, 1.82) is 0 Å². The van der Waals surface area contributed by atoms with E-state index in [1.807, 2.05) is 25.2 Å². The third-order valence-corrected chi connectivity index (χ3v) is 3.51. The minimum absolute atomic E-state index is 0.0168. The maximum atomic E-state index is 12.6. The fourth-order valence-electron chi connectivity index (χ4n) is 2.27. The van der Waals surface area contributed by atoms with Crippen molar-refractivity contribution in [3.05, 3.63) is 29.3 Å². The molecule has 1 N–H and O–H groups in total. The highest BCUT2D eigenvalue weighted by atomic mass is 16.5. The highest BCUT2D eigenvalue weighted by Gasteiger charge is 2.23. The number of carbonyl (C=O) groups excluding carboxylic acids is 1. The Morgan fingerprint density at radius 3 is 2.53 bits per heavy atom. The van der Waals surface area contributed by atoms with Gasteiger partial charge in [0.05, 0.1) is 7.11 Å². The Morgan fingerprint density at radius 1 is 1.37 bits per heavy atom. The lowest BCUT2D eigenvalue weighted by atomic mass is 9.87. The fourth-order valence-corrected chi connectivity index (χ4v) is 2.27. The van der Waals surface area contributed by atoms with Crippen LogP contribution in [-0.2, 0) is 6.42 Å². The average molecular weight is 263 g/mol. The smallest absolute Gasteiger partial charge is 0.167 e. The second-order valence-corrected chi connectivity index (χ2v) is 5.15. The van der Waals surface area contributed by atoms with Gasteiger partial charge in [-0.25, -0.2) is 0 Å². The summed E-state index contributed by atoms with van der Waals surface area (Å²) in [4.78, 5) is 12.6. The first-order valence-electron chi connectivity index (χ1n) is 6.90. The summed E-state index contributed by atoms with van der Waals surface area (Å²) >= 11 is 0. The molecule has 106 valence electrons. The molecular weight excluding hydrogens is 238 g/mol. The van der Waals surface area contributed by atoms with E-state index >= 15 is 0 Å². The molecule has 1 aromatic carbocycles. The highest BCUT2D eigenvalue weighted by molar-refractivity contribution is 5.98. The van der Waals surface area contributed by atoms with Crippen LogP contribution in [0.5, 0.6) is 5.75 Å². The molecule has 0 aliphatic heterocycles. The van der Waals surface area contributed by atoms with E-state index in [-0.39, 0.29) is 11.7 Å². The van der Waals surface area contributed by atoms with Gasteiger partial charge in [0.15, 0.2) is 5.78 Å². The number of methoxy groups -OCH3 is 1. The molecule has 0 saturated heterocycles. The van der Waals surface area contributed by atoms with Crippen LogP contribution in [0.4, 0.5) is 0 Å². The molecule has 0 amide bonds. The van der Waals surface area contributed by atoms with Crippen molar-refractivity contribution in [2.45, 2.75) is 27.2 Å². The first-order chi connectivity index (χ1) is 9.04. The molecule has 1 atom stereocenters. The van der Waals surface area contributed by atoms with E-state index in [1.165, 1.54) is 0 Å². The number of rotatable bonds is 7. The van der Waals surface area contributed by atoms with E-state index in [0.29, 0.717) is 12.5 Å². The van der Waals surface area contributed by atoms with Crippen LogP contribution in [-0.4, -0.2) is 26.5 Å². The Morgan fingerprint density at radius 2 is 2.05 bits per heavy atom. The number of aryl methyl sites for hydroxylation is 1. The van der Waals surface area contributed by atoms with E-state index in [0.717, 1.165) is 23.3 Å². The lowest BCUT2D eigenvalue weighted by Crippen LogP contribution is -2.30. The first kappa shape index (κ1) is 15.7. The maximum Gasteiger partial charge on any atom is 0.167 e. The SMILES string of the molecule is CCc1cc(C(=O)C(CNC)C(C)C)ccc1OC. The van der Waals surface area contributed by atoms with Crippen LogP contribution >= 0.6 is 0 Å². The number of nitrogens with one attached hydrogen (secondary N) is 1. The van der Waals surface area contributed by atoms with Crippen LogP contribution in [0, 0.1) is 11.8 Å². The Bertz CT molecular complexity index is 427. The van der Waals surface area contributed by atoms with E-state index < -0.39 is 0 Å². The van der Waals surface area contributed by atoms with Crippen LogP contribution in [0.3, 0.4) is 0 Å². The van der Waals surface area contributed by atoms with Crippen LogP contribution in [0.15, 0.2) is 18.2 Å². The second-order valence-electron chi connectivity index (χ2n) is 5.15. The molecule has 0 spiro atoms. The summed E-state index contributed by atoms with van der Waals surface area (Å²) < 4.78 is 5.30. The Hall–Kier alpha value is -1.35. The normalized spacial score (nSPS) is 12.5. The fraction of sp³-hybridized carbons (Fsp3) is 0.562. The van der Waals surface area contributed by atoms with Crippen LogP contribution < -0.4 is 10.1 Å². The van der Waals surface area contributed by atoms with Gasteiger partial charge in [-0.2, -0.15) is 0 Å². The quantitative estimate of drug-likeness (QED) is 0.769. The number of hydrogen-bond donors (Lipinski definition) is 1. The third-order valence-electron chi connectivity index (χ3n) is 3.51. The molecule has 19 heavy (non-hydrogen) atoms. The molecule has 1 rings (SSSR count). The van der Waals surface area contributed by atoms with Crippen molar-refractivity contribution < 1.29 is 9.53 Å². The van der Waals surface area contributed by atoms with E-state index in [9.17, 15) is 4.79 Å². The molecule has 0 saturated carbocycles. The van der Waals surface area contributed by atoms with Gasteiger partial charge in [0, 0.05) is 18.0 Å². The number of benzene rings is 1. The van der Waals surface area contributed by atoms with Crippen molar-refractivity contribution >= 4 is 5.78 Å². The number of carbonyl (C=O) groups is 1. The van der Waals surface area contributed by atoms with Gasteiger partial charge < -0.3 is 10.1 Å². The topological polar surface area (TPSA) is 38.3 Å². The molecule has 1 unspecified atom stereocenters. The summed E-state index contributed by atoms with van der Waals surface area (Å²) in [6.45, 7) is 6.96. The summed E-state index contributed by atoms with van der Waals surface area (Å²) in [5.74, 6) is 1.41. The van der Waals surface area contributed by atoms with Crippen molar-refractivity contribution in [2.24, 2.45) is 11.8 Å². The molecular formula is C16H25NO2. The lowest BCUT2D eigenvalue weighted by molar-refractivity contribution is 0.0886. The van der Waals surface area contributed by atoms with Crippen molar-refractivity contribution in [3.63, 3.8) is 0 Å². The van der Waals surface area contributed by atoms with Gasteiger partial charge in [-0.05, 0) is 43.1 Å². The summed E-state index contributed by atoms with van der Waals surface area (Å²) in [5, 5.41) is 3.11. The molecule has 0 aliphatic carbocycles. The minimum Gasteiger partial charge on any atom is -0.496 e. The maximum absolute atomic E-state index is 12.6.